The van der Waals surface area contributed by atoms with Gasteiger partial charge in [-0.1, -0.05) is 30.3 Å². The van der Waals surface area contributed by atoms with E-state index in [-0.39, 0.29) is 5.78 Å². The molecule has 0 saturated carbocycles. The molecular formula is C17H17NO2. The van der Waals surface area contributed by atoms with Gasteiger partial charge >= 0.3 is 0 Å². The first-order chi connectivity index (χ1) is 9.74. The summed E-state index contributed by atoms with van der Waals surface area (Å²) in [6.07, 6.45) is 1.61. The first kappa shape index (κ1) is 13.9. The molecule has 0 atom stereocenters. The second-order valence-electron chi connectivity index (χ2n) is 4.27. The number of methoxy groups -OCH3 is 1. The van der Waals surface area contributed by atoms with Gasteiger partial charge in [-0.2, -0.15) is 0 Å². The van der Waals surface area contributed by atoms with Crippen molar-refractivity contribution in [3.8, 4) is 5.75 Å². The largest absolute Gasteiger partial charge is 0.497 e. The Balaban J connectivity index is 2.25. The van der Waals surface area contributed by atoms with Gasteiger partial charge in [0.25, 0.3) is 0 Å². The molecular weight excluding hydrogens is 250 g/mol. The van der Waals surface area contributed by atoms with Crippen LogP contribution >= 0.6 is 0 Å². The van der Waals surface area contributed by atoms with E-state index in [0.717, 1.165) is 17.0 Å². The number of hydrogen-bond acceptors (Lipinski definition) is 3. The Morgan fingerprint density at radius 1 is 1.00 bits per heavy atom. The molecule has 0 aliphatic heterocycles. The lowest BCUT2D eigenvalue weighted by atomic mass is 10.1. The summed E-state index contributed by atoms with van der Waals surface area (Å²) < 4.78 is 5.08. The average molecular weight is 267 g/mol. The van der Waals surface area contributed by atoms with Crippen molar-refractivity contribution in [2.45, 2.75) is 0 Å². The third-order valence-corrected chi connectivity index (χ3v) is 3.00. The van der Waals surface area contributed by atoms with E-state index in [1.165, 1.54) is 0 Å². The maximum Gasteiger partial charge on any atom is 0.187 e. The summed E-state index contributed by atoms with van der Waals surface area (Å²) in [5.74, 6) is 0.697. The molecule has 1 N–H and O–H groups in total. The van der Waals surface area contributed by atoms with Gasteiger partial charge in [0.2, 0.25) is 0 Å². The summed E-state index contributed by atoms with van der Waals surface area (Å²) >= 11 is 0. The van der Waals surface area contributed by atoms with Gasteiger partial charge in [0.05, 0.1) is 7.11 Å². The fraction of sp³-hybridized carbons (Fsp3) is 0.118. The average Bonchev–Trinajstić information content (AvgIpc) is 2.53. The minimum atomic E-state index is -0.0409. The van der Waals surface area contributed by atoms with Crippen LogP contribution in [0, 0.1) is 0 Å². The Kier molecular flexibility index (Phi) is 4.56. The van der Waals surface area contributed by atoms with E-state index in [2.05, 4.69) is 5.32 Å². The third kappa shape index (κ3) is 3.26. The van der Waals surface area contributed by atoms with Gasteiger partial charge in [-0.3, -0.25) is 4.79 Å². The Labute approximate surface area is 118 Å². The molecule has 0 aliphatic rings. The summed E-state index contributed by atoms with van der Waals surface area (Å²) in [5.41, 5.74) is 2.41. The van der Waals surface area contributed by atoms with Crippen LogP contribution < -0.4 is 10.1 Å². The number of hydrogen-bond donors (Lipinski definition) is 1. The van der Waals surface area contributed by atoms with E-state index >= 15 is 0 Å². The van der Waals surface area contributed by atoms with E-state index in [1.807, 2.05) is 30.3 Å². The summed E-state index contributed by atoms with van der Waals surface area (Å²) in [6, 6.07) is 16.8. The van der Waals surface area contributed by atoms with Gasteiger partial charge in [0, 0.05) is 24.4 Å². The molecule has 0 aliphatic carbocycles. The van der Waals surface area contributed by atoms with Crippen molar-refractivity contribution in [3.63, 3.8) is 0 Å². The molecule has 20 heavy (non-hydrogen) atoms. The maximum absolute atomic E-state index is 12.2. The van der Waals surface area contributed by atoms with Gasteiger partial charge in [-0.15, -0.1) is 0 Å². The Morgan fingerprint density at radius 3 is 2.20 bits per heavy atom. The van der Waals surface area contributed by atoms with Gasteiger partial charge in [-0.05, 0) is 29.8 Å². The number of nitrogens with one attached hydrogen (secondary N) is 1. The minimum Gasteiger partial charge on any atom is -0.497 e. The standard InChI is InChI=1S/C17H17NO2/c1-18-16(13-6-4-3-5-7-13)12-17(19)14-8-10-15(20-2)11-9-14/h3-12,18H,1-2H3. The second kappa shape index (κ2) is 6.57. The summed E-state index contributed by atoms with van der Waals surface area (Å²) in [7, 11) is 3.41. The molecule has 0 radical (unpaired) electrons. The number of ether oxygens (including phenoxy) is 1. The van der Waals surface area contributed by atoms with Crippen molar-refractivity contribution in [1.82, 2.24) is 5.32 Å². The highest BCUT2D eigenvalue weighted by Crippen LogP contribution is 2.15. The van der Waals surface area contributed by atoms with Crippen LogP contribution in [0.25, 0.3) is 5.70 Å². The van der Waals surface area contributed by atoms with Crippen LogP contribution in [0.2, 0.25) is 0 Å². The lowest BCUT2D eigenvalue weighted by molar-refractivity contribution is 0.104. The normalized spacial score (nSPS) is 11.0. The molecule has 0 unspecified atom stereocenters. The first-order valence-corrected chi connectivity index (χ1v) is 6.38. The number of benzene rings is 2. The lowest BCUT2D eigenvalue weighted by Crippen LogP contribution is -2.07. The highest BCUT2D eigenvalue weighted by Gasteiger charge is 2.06. The highest BCUT2D eigenvalue weighted by atomic mass is 16.5. The molecule has 0 amide bonds. The Morgan fingerprint density at radius 2 is 1.65 bits per heavy atom. The molecule has 0 heterocycles. The number of carbonyl (C=O) groups is 1. The zero-order valence-corrected chi connectivity index (χ0v) is 11.6. The number of allylic oxidation sites excluding steroid dienone is 1. The number of carbonyl (C=O) groups excluding carboxylic acids is 1. The summed E-state index contributed by atoms with van der Waals surface area (Å²) in [4.78, 5) is 12.2. The topological polar surface area (TPSA) is 38.3 Å². The van der Waals surface area contributed by atoms with E-state index in [4.69, 9.17) is 4.74 Å². The molecule has 0 aromatic heterocycles. The van der Waals surface area contributed by atoms with Crippen LogP contribution in [0.1, 0.15) is 15.9 Å². The molecule has 0 bridgehead atoms. The molecule has 3 heteroatoms. The van der Waals surface area contributed by atoms with Gasteiger partial charge < -0.3 is 10.1 Å². The lowest BCUT2D eigenvalue weighted by Gasteiger charge is -2.07. The SMILES string of the molecule is CNC(=CC(=O)c1ccc(OC)cc1)c1ccccc1. The van der Waals surface area contributed by atoms with Crippen LogP contribution in [0.15, 0.2) is 60.7 Å². The van der Waals surface area contributed by atoms with Crippen LogP contribution in [-0.2, 0) is 0 Å². The third-order valence-electron chi connectivity index (χ3n) is 3.00. The van der Waals surface area contributed by atoms with Gasteiger partial charge in [0.15, 0.2) is 5.78 Å². The van der Waals surface area contributed by atoms with Crippen molar-refractivity contribution in [2.24, 2.45) is 0 Å². The van der Waals surface area contributed by atoms with E-state index < -0.39 is 0 Å². The second-order valence-corrected chi connectivity index (χ2v) is 4.27. The van der Waals surface area contributed by atoms with Crippen LogP contribution in [-0.4, -0.2) is 19.9 Å². The van der Waals surface area contributed by atoms with Crippen molar-refractivity contribution in [3.05, 3.63) is 71.8 Å². The van der Waals surface area contributed by atoms with E-state index in [9.17, 15) is 4.79 Å². The molecule has 0 spiro atoms. The van der Waals surface area contributed by atoms with Crippen LogP contribution in [0.5, 0.6) is 5.75 Å². The highest BCUT2D eigenvalue weighted by molar-refractivity contribution is 6.08. The van der Waals surface area contributed by atoms with Crippen molar-refractivity contribution < 1.29 is 9.53 Å². The Bertz CT molecular complexity index is 601. The maximum atomic E-state index is 12.2. The molecule has 0 fully saturated rings. The minimum absolute atomic E-state index is 0.0409. The van der Waals surface area contributed by atoms with Crippen molar-refractivity contribution in [2.75, 3.05) is 14.2 Å². The zero-order chi connectivity index (χ0) is 14.4. The molecule has 3 nitrogen and oxygen atoms in total. The quantitative estimate of drug-likeness (QED) is 0.668. The smallest absolute Gasteiger partial charge is 0.187 e. The number of ketones is 1. The van der Waals surface area contributed by atoms with Crippen LogP contribution in [0.3, 0.4) is 0 Å². The fourth-order valence-electron chi connectivity index (χ4n) is 1.89. The first-order valence-electron chi connectivity index (χ1n) is 6.38. The number of rotatable bonds is 5. The predicted molar refractivity (Wildman–Crippen MR) is 80.8 cm³/mol. The molecule has 2 aromatic carbocycles. The molecule has 2 rings (SSSR count). The molecule has 102 valence electrons. The van der Waals surface area contributed by atoms with E-state index in [0.29, 0.717) is 5.56 Å². The van der Waals surface area contributed by atoms with Gasteiger partial charge in [-0.25, -0.2) is 0 Å². The van der Waals surface area contributed by atoms with Crippen LogP contribution in [0.4, 0.5) is 0 Å². The monoisotopic (exact) mass is 267 g/mol. The van der Waals surface area contributed by atoms with Crippen molar-refractivity contribution >= 4 is 11.5 Å². The summed E-state index contributed by atoms with van der Waals surface area (Å²) in [6.45, 7) is 0. The van der Waals surface area contributed by atoms with E-state index in [1.54, 1.807) is 44.5 Å². The molecule has 0 saturated heterocycles. The summed E-state index contributed by atoms with van der Waals surface area (Å²) in [5, 5.41) is 3.06. The van der Waals surface area contributed by atoms with Gasteiger partial charge in [0.1, 0.15) is 5.75 Å². The van der Waals surface area contributed by atoms with Crippen molar-refractivity contribution in [1.29, 1.82) is 0 Å². The Hall–Kier alpha value is -2.55. The predicted octanol–water partition coefficient (Wildman–Crippen LogP) is 3.14. The molecule has 2 aromatic rings. The zero-order valence-electron chi connectivity index (χ0n) is 11.6. The fourth-order valence-corrected chi connectivity index (χ4v) is 1.89.